The van der Waals surface area contributed by atoms with Crippen molar-refractivity contribution in [1.29, 1.82) is 0 Å². The fourth-order valence-electron chi connectivity index (χ4n) is 4.96. The Bertz CT molecular complexity index is 1050. The second kappa shape index (κ2) is 9.29. The summed E-state index contributed by atoms with van der Waals surface area (Å²) in [7, 11) is 0. The van der Waals surface area contributed by atoms with Gasteiger partial charge in [0.15, 0.2) is 5.72 Å². The van der Waals surface area contributed by atoms with Crippen LogP contribution in [-0.2, 0) is 17.0 Å². The molecule has 1 N–H and O–H groups in total. The Hall–Kier alpha value is -2.92. The highest BCUT2D eigenvalue weighted by Crippen LogP contribution is 2.50. The number of nitrogens with one attached hydrogen (secondary N) is 1. The van der Waals surface area contributed by atoms with Crippen LogP contribution >= 0.6 is 0 Å². The quantitative estimate of drug-likeness (QED) is 0.611. The van der Waals surface area contributed by atoms with Gasteiger partial charge in [-0.05, 0) is 5.56 Å². The predicted octanol–water partition coefficient (Wildman–Crippen LogP) is 4.30. The molecular weight excluding hydrogens is 394 g/mol. The topological polar surface area (TPSA) is 27.7 Å². The molecule has 1 atom stereocenters. The van der Waals surface area contributed by atoms with Crippen molar-refractivity contribution >= 4 is 5.70 Å². The van der Waals surface area contributed by atoms with Crippen LogP contribution in [0.1, 0.15) is 22.3 Å². The van der Waals surface area contributed by atoms with Gasteiger partial charge in [0.2, 0.25) is 0 Å². The summed E-state index contributed by atoms with van der Waals surface area (Å²) in [5.41, 5.74) is 5.03. The molecule has 0 amide bonds. The number of rotatable bonds is 7. The summed E-state index contributed by atoms with van der Waals surface area (Å²) >= 11 is 0. The van der Waals surface area contributed by atoms with E-state index in [0.717, 1.165) is 56.1 Å². The van der Waals surface area contributed by atoms with Crippen LogP contribution in [0.4, 0.5) is 0 Å². The molecule has 1 unspecified atom stereocenters. The maximum atomic E-state index is 6.96. The smallest absolute Gasteiger partial charge is 0.194 e. The molecule has 4 nitrogen and oxygen atoms in total. The molecular formula is C28H31N3O. The number of benzene rings is 3. The van der Waals surface area contributed by atoms with Gasteiger partial charge in [0.05, 0.1) is 6.61 Å². The molecule has 0 aliphatic carbocycles. The number of piperazine rings is 1. The van der Waals surface area contributed by atoms with Crippen LogP contribution in [0.2, 0.25) is 0 Å². The largest absolute Gasteiger partial charge is 0.346 e. The molecule has 0 aromatic heterocycles. The summed E-state index contributed by atoms with van der Waals surface area (Å²) < 4.78 is 6.96. The molecule has 1 saturated heterocycles. The van der Waals surface area contributed by atoms with Crippen molar-refractivity contribution in [2.75, 3.05) is 39.3 Å². The average molecular weight is 426 g/mol. The number of nitrogens with zero attached hydrogens (tertiary/aromatic N) is 2. The minimum absolute atomic E-state index is 0.655. The van der Waals surface area contributed by atoms with Gasteiger partial charge in [-0.15, -0.1) is 0 Å². The van der Waals surface area contributed by atoms with Crippen LogP contribution in [0.5, 0.6) is 0 Å². The van der Waals surface area contributed by atoms with Crippen molar-refractivity contribution < 1.29 is 4.74 Å². The van der Waals surface area contributed by atoms with E-state index in [2.05, 4.69) is 107 Å². The van der Waals surface area contributed by atoms with Crippen LogP contribution < -0.4 is 5.32 Å². The van der Waals surface area contributed by atoms with E-state index in [-0.39, 0.29) is 0 Å². The fraction of sp³-hybridized carbons (Fsp3) is 0.286. The van der Waals surface area contributed by atoms with Gasteiger partial charge in [0, 0.05) is 61.7 Å². The van der Waals surface area contributed by atoms with E-state index in [9.17, 15) is 0 Å². The van der Waals surface area contributed by atoms with Crippen LogP contribution in [0, 0.1) is 0 Å². The third-order valence-electron chi connectivity index (χ3n) is 6.59. The van der Waals surface area contributed by atoms with E-state index < -0.39 is 5.72 Å². The van der Waals surface area contributed by atoms with E-state index in [1.165, 1.54) is 11.1 Å². The Labute approximate surface area is 191 Å². The monoisotopic (exact) mass is 425 g/mol. The summed E-state index contributed by atoms with van der Waals surface area (Å²) in [6, 6.07) is 29.8. The number of hydrogen-bond donors (Lipinski definition) is 1. The molecule has 3 aromatic carbocycles. The van der Waals surface area contributed by atoms with Gasteiger partial charge in [-0.25, -0.2) is 0 Å². The molecule has 0 bridgehead atoms. The molecule has 164 valence electrons. The molecule has 1 fully saturated rings. The lowest BCUT2D eigenvalue weighted by molar-refractivity contribution is -0.109. The van der Waals surface area contributed by atoms with Crippen LogP contribution in [0.15, 0.2) is 91.5 Å². The minimum Gasteiger partial charge on any atom is -0.346 e. The number of hydrogen-bond acceptors (Lipinski definition) is 4. The third-order valence-corrected chi connectivity index (χ3v) is 6.59. The lowest BCUT2D eigenvalue weighted by atomic mass is 9.93. The normalized spacial score (nSPS) is 21.0. The predicted molar refractivity (Wildman–Crippen MR) is 130 cm³/mol. The van der Waals surface area contributed by atoms with Crippen molar-refractivity contribution in [2.45, 2.75) is 12.3 Å². The standard InChI is InChI=1S/C28H31N3O/c1-23-26-14-8-9-15-27(26)28(25-12-6-3-7-13-25,31(23)22-24-10-4-2-5-11-24)32-21-20-30-18-16-29-17-19-30/h2-15,29H,1,16-22H2. The van der Waals surface area contributed by atoms with Crippen LogP contribution in [0.3, 0.4) is 0 Å². The highest BCUT2D eigenvalue weighted by atomic mass is 16.5. The molecule has 2 aliphatic rings. The summed E-state index contributed by atoms with van der Waals surface area (Å²) in [6.45, 7) is 11.1. The Morgan fingerprint density at radius 2 is 1.50 bits per heavy atom. The molecule has 0 spiro atoms. The number of fused-ring (bicyclic) bond motifs is 1. The van der Waals surface area contributed by atoms with Gasteiger partial charge in [-0.2, -0.15) is 0 Å². The molecule has 3 aromatic rings. The zero-order valence-electron chi connectivity index (χ0n) is 18.5. The summed E-state index contributed by atoms with van der Waals surface area (Å²) in [5, 5.41) is 3.43. The SMILES string of the molecule is C=C1c2ccccc2C(OCCN2CCNCC2)(c2ccccc2)N1Cc1ccccc1. The van der Waals surface area contributed by atoms with E-state index in [1.807, 2.05) is 0 Å². The summed E-state index contributed by atoms with van der Waals surface area (Å²) in [5.74, 6) is 0. The van der Waals surface area contributed by atoms with Crippen molar-refractivity contribution in [3.63, 3.8) is 0 Å². The molecule has 2 heterocycles. The lowest BCUT2D eigenvalue weighted by Gasteiger charge is -2.42. The zero-order chi connectivity index (χ0) is 21.8. The maximum Gasteiger partial charge on any atom is 0.194 e. The lowest BCUT2D eigenvalue weighted by Crippen LogP contribution is -2.47. The van der Waals surface area contributed by atoms with E-state index in [4.69, 9.17) is 4.74 Å². The van der Waals surface area contributed by atoms with Gasteiger partial charge in [0.1, 0.15) is 0 Å². The van der Waals surface area contributed by atoms with Gasteiger partial charge in [0.25, 0.3) is 0 Å². The molecule has 4 heteroatoms. The molecule has 0 radical (unpaired) electrons. The third kappa shape index (κ3) is 3.86. The van der Waals surface area contributed by atoms with E-state index in [1.54, 1.807) is 0 Å². The van der Waals surface area contributed by atoms with E-state index >= 15 is 0 Å². The van der Waals surface area contributed by atoms with Gasteiger partial charge in [-0.3, -0.25) is 4.90 Å². The Kier molecular flexibility index (Phi) is 6.08. The van der Waals surface area contributed by atoms with Gasteiger partial charge in [-0.1, -0.05) is 91.5 Å². The molecule has 2 aliphatic heterocycles. The Morgan fingerprint density at radius 3 is 2.25 bits per heavy atom. The van der Waals surface area contributed by atoms with Crippen molar-refractivity contribution in [1.82, 2.24) is 15.1 Å². The highest BCUT2D eigenvalue weighted by molar-refractivity contribution is 5.73. The van der Waals surface area contributed by atoms with Crippen molar-refractivity contribution in [2.24, 2.45) is 0 Å². The number of ether oxygens (including phenoxy) is 1. The summed E-state index contributed by atoms with van der Waals surface area (Å²) in [4.78, 5) is 4.83. The van der Waals surface area contributed by atoms with Crippen LogP contribution in [0.25, 0.3) is 5.70 Å². The fourth-order valence-corrected chi connectivity index (χ4v) is 4.96. The highest BCUT2D eigenvalue weighted by Gasteiger charge is 2.49. The van der Waals surface area contributed by atoms with E-state index in [0.29, 0.717) is 6.61 Å². The molecule has 32 heavy (non-hydrogen) atoms. The first kappa shape index (κ1) is 21.0. The maximum absolute atomic E-state index is 6.96. The Morgan fingerprint density at radius 1 is 0.844 bits per heavy atom. The second-order valence-electron chi connectivity index (χ2n) is 8.51. The summed E-state index contributed by atoms with van der Waals surface area (Å²) in [6.07, 6.45) is 0. The van der Waals surface area contributed by atoms with Crippen molar-refractivity contribution in [3.8, 4) is 0 Å². The van der Waals surface area contributed by atoms with Gasteiger partial charge < -0.3 is 15.0 Å². The van der Waals surface area contributed by atoms with Crippen LogP contribution in [-0.4, -0.2) is 49.1 Å². The first-order valence-corrected chi connectivity index (χ1v) is 11.5. The van der Waals surface area contributed by atoms with Crippen molar-refractivity contribution in [3.05, 3.63) is 114 Å². The first-order valence-electron chi connectivity index (χ1n) is 11.5. The molecule has 0 saturated carbocycles. The first-order chi connectivity index (χ1) is 15.8. The average Bonchev–Trinajstić information content (AvgIpc) is 3.10. The zero-order valence-corrected chi connectivity index (χ0v) is 18.5. The second-order valence-corrected chi connectivity index (χ2v) is 8.51. The minimum atomic E-state index is -0.696. The van der Waals surface area contributed by atoms with Gasteiger partial charge >= 0.3 is 0 Å². The Balaban J connectivity index is 1.55. The molecule has 5 rings (SSSR count).